The molecule has 0 atom stereocenters. The molecule has 51 heavy (non-hydrogen) atoms. The van der Waals surface area contributed by atoms with Gasteiger partial charge in [-0.3, -0.25) is 20.2 Å². The summed E-state index contributed by atoms with van der Waals surface area (Å²) < 4.78 is 2.42. The number of nitro groups is 2. The third kappa shape index (κ3) is 8.36. The zero-order valence-electron chi connectivity index (χ0n) is 27.4. The molecule has 19 heteroatoms. The van der Waals surface area contributed by atoms with E-state index in [9.17, 15) is 40.0 Å². The van der Waals surface area contributed by atoms with Crippen LogP contribution >= 0.6 is 0 Å². The van der Waals surface area contributed by atoms with Crippen LogP contribution in [0.2, 0.25) is 0 Å². The second-order valence-electron chi connectivity index (χ2n) is 10.2. The Morgan fingerprint density at radius 2 is 1.00 bits per heavy atom. The molecule has 0 aliphatic carbocycles. The molecule has 0 spiro atoms. The van der Waals surface area contributed by atoms with Crippen LogP contribution in [0, 0.1) is 34.1 Å². The zero-order chi connectivity index (χ0) is 35.9. The van der Waals surface area contributed by atoms with Crippen LogP contribution in [0.5, 0.6) is 11.5 Å². The van der Waals surface area contributed by atoms with Gasteiger partial charge in [-0.1, -0.05) is 61.6 Å². The van der Waals surface area contributed by atoms with Crippen LogP contribution in [0.4, 0.5) is 34.1 Å². The zero-order valence-corrected chi connectivity index (χ0v) is 27.4. The fourth-order valence-corrected chi connectivity index (χ4v) is 4.34. The van der Waals surface area contributed by atoms with E-state index < -0.39 is 32.5 Å². The first-order valence-corrected chi connectivity index (χ1v) is 14.4. The second-order valence-corrected chi connectivity index (χ2v) is 10.2. The molecule has 2 N–H and O–H groups in total. The molecule has 261 valence electrons. The minimum absolute atomic E-state index is 0. The summed E-state index contributed by atoms with van der Waals surface area (Å²) in [5.74, 6) is -0.808. The number of phenolic OH excluding ortho intramolecular Hbond substituents is 2. The van der Waals surface area contributed by atoms with E-state index >= 15 is 0 Å². The molecular formula is C32H25CoN10O8-. The fourth-order valence-electron chi connectivity index (χ4n) is 4.34. The van der Waals surface area contributed by atoms with E-state index in [1.165, 1.54) is 33.6 Å². The molecule has 0 saturated carbocycles. The van der Waals surface area contributed by atoms with Gasteiger partial charge in [-0.25, -0.2) is 19.6 Å². The molecule has 2 aromatic heterocycles. The molecule has 0 saturated heterocycles. The molecule has 18 nitrogen and oxygen atoms in total. The molecule has 0 aliphatic rings. The number of non-ortho nitro benzene ring substituents is 2. The number of aromatic nitrogens is 4. The van der Waals surface area contributed by atoms with E-state index in [2.05, 4.69) is 30.7 Å². The van der Waals surface area contributed by atoms with Crippen LogP contribution in [0.25, 0.3) is 11.4 Å². The number of aromatic hydroxyl groups is 2. The van der Waals surface area contributed by atoms with Gasteiger partial charge in [-0.15, -0.1) is 11.4 Å². The molecule has 6 aromatic rings. The molecule has 2 heterocycles. The van der Waals surface area contributed by atoms with Gasteiger partial charge in [0.15, 0.2) is 0 Å². The van der Waals surface area contributed by atoms with Crippen molar-refractivity contribution in [1.82, 2.24) is 19.6 Å². The maximum atomic E-state index is 12.4. The van der Waals surface area contributed by atoms with Crippen molar-refractivity contribution in [3.8, 4) is 22.9 Å². The Kier molecular flexibility index (Phi) is 11.5. The smallest absolute Gasteiger partial charge is 0.505 e. The number of hydrogen-bond acceptors (Lipinski definition) is 14. The summed E-state index contributed by atoms with van der Waals surface area (Å²) in [4.78, 5) is 44.9. The summed E-state index contributed by atoms with van der Waals surface area (Å²) in [7, 11) is 0. The van der Waals surface area contributed by atoms with Crippen LogP contribution in [-0.2, 0) is 16.8 Å². The van der Waals surface area contributed by atoms with Gasteiger partial charge in [-0.2, -0.15) is 10.2 Å². The van der Waals surface area contributed by atoms with Crippen LogP contribution in [0.1, 0.15) is 12.8 Å². The number of rotatable bonds is 8. The molecule has 6 rings (SSSR count). The van der Waals surface area contributed by atoms with Crippen LogP contribution < -0.4 is 11.1 Å². The summed E-state index contributed by atoms with van der Waals surface area (Å²) in [5, 5.41) is 64.5. The van der Waals surface area contributed by atoms with Crippen LogP contribution in [0.15, 0.2) is 127 Å². The molecule has 0 aliphatic heterocycles. The van der Waals surface area contributed by atoms with Crippen molar-refractivity contribution in [2.45, 2.75) is 13.8 Å². The Morgan fingerprint density at radius 3 is 1.31 bits per heavy atom. The Labute approximate surface area is 298 Å². The summed E-state index contributed by atoms with van der Waals surface area (Å²) in [6.07, 6.45) is 0. The van der Waals surface area contributed by atoms with Gasteiger partial charge in [-0.05, 0) is 36.4 Å². The normalized spacial score (nSPS) is 10.9. The average molecular weight is 737 g/mol. The molecule has 0 bridgehead atoms. The maximum absolute atomic E-state index is 12.4. The van der Waals surface area contributed by atoms with E-state index in [4.69, 9.17) is 0 Å². The summed E-state index contributed by atoms with van der Waals surface area (Å²) in [5.41, 5.74) is 0.575. The number of benzene rings is 4. The molecule has 0 amide bonds. The monoisotopic (exact) mass is 736 g/mol. The fraction of sp³-hybridized carbons (Fsp3) is 0.0625. The van der Waals surface area contributed by atoms with Crippen molar-refractivity contribution < 1.29 is 38.3 Å². The molecule has 4 aromatic carbocycles. The Hall–Kier alpha value is -6.99. The van der Waals surface area contributed by atoms with Gasteiger partial charge in [0.05, 0.1) is 33.4 Å². The van der Waals surface area contributed by atoms with E-state index in [-0.39, 0.29) is 52.3 Å². The number of azo groups is 2. The number of nitrogens with zero attached hydrogens (tertiary/aromatic N) is 10. The quantitative estimate of drug-likeness (QED) is 0.0725. The average Bonchev–Trinajstić information content (AvgIpc) is 3.56. The van der Waals surface area contributed by atoms with Crippen molar-refractivity contribution >= 4 is 34.1 Å². The Balaban J connectivity index is 0.000000270. The number of aryl methyl sites for hydroxylation is 2. The van der Waals surface area contributed by atoms with Crippen molar-refractivity contribution in [2.24, 2.45) is 20.5 Å². The molecule has 0 fully saturated rings. The van der Waals surface area contributed by atoms with E-state index in [0.717, 1.165) is 12.1 Å². The van der Waals surface area contributed by atoms with Gasteiger partial charge in [0.2, 0.25) is 0 Å². The van der Waals surface area contributed by atoms with E-state index in [1.54, 1.807) is 62.4 Å². The predicted molar refractivity (Wildman–Crippen MR) is 179 cm³/mol. The minimum atomic E-state index is -0.634. The van der Waals surface area contributed by atoms with Gasteiger partial charge in [0.1, 0.15) is 34.0 Å². The van der Waals surface area contributed by atoms with Gasteiger partial charge in [0.25, 0.3) is 11.4 Å². The Morgan fingerprint density at radius 1 is 0.647 bits per heavy atom. The molecular weight excluding hydrogens is 711 g/mol. The summed E-state index contributed by atoms with van der Waals surface area (Å²) in [6.45, 7) is 3.23. The number of hydrogen-bond donors (Lipinski definition) is 2. The van der Waals surface area contributed by atoms with Crippen molar-refractivity contribution in [2.75, 3.05) is 0 Å². The minimum Gasteiger partial charge on any atom is -0.505 e. The molecule has 1 radical (unpaired) electrons. The third-order valence-corrected chi connectivity index (χ3v) is 6.83. The molecule has 0 unspecified atom stereocenters. The SMILES string of the molecule is Cc1nn(-c2ccccc2)c(=O)[c-]1N=Nc1ccc([N+](=O)[O-])cc1O.Cc1nn(-c2ccccc2)c(=O)[c-]1N=Nc1ccc([N+](=O)[O-])cc1O.[Co].[H+]. The largest absolute Gasteiger partial charge is 1.00 e. The van der Waals surface area contributed by atoms with E-state index in [1.807, 2.05) is 12.1 Å². The first-order chi connectivity index (χ1) is 23.9. The standard InChI is InChI=1S/2C16H12N5O4.Co/c2*1-10-15(16(23)20(19-10)11-5-3-2-4-6-11)18-17-13-8-7-12(21(24)25)9-14(13)22;/h2*2-9,22H,1H3;/q2*-1;/p+1. The number of nitro benzene ring substituents is 2. The number of para-hydroxylation sites is 2. The van der Waals surface area contributed by atoms with Crippen LogP contribution in [-0.4, -0.2) is 39.6 Å². The van der Waals surface area contributed by atoms with Gasteiger partial charge in [0, 0.05) is 28.9 Å². The van der Waals surface area contributed by atoms with Crippen molar-refractivity contribution in [3.63, 3.8) is 0 Å². The summed E-state index contributed by atoms with van der Waals surface area (Å²) in [6, 6.07) is 24.5. The van der Waals surface area contributed by atoms with E-state index in [0.29, 0.717) is 22.8 Å². The first-order valence-electron chi connectivity index (χ1n) is 14.4. The topological polar surface area (TPSA) is 246 Å². The summed E-state index contributed by atoms with van der Waals surface area (Å²) >= 11 is 0. The van der Waals surface area contributed by atoms with Gasteiger partial charge < -0.3 is 30.0 Å². The van der Waals surface area contributed by atoms with Crippen molar-refractivity contribution in [3.05, 3.63) is 149 Å². The first kappa shape index (κ1) is 36.8. The maximum Gasteiger partial charge on any atom is 1.00 e. The number of phenols is 2. The Bertz CT molecular complexity index is 2220. The second kappa shape index (κ2) is 15.9. The predicted octanol–water partition coefficient (Wildman–Crippen LogP) is 6.69. The van der Waals surface area contributed by atoms with Crippen molar-refractivity contribution in [1.29, 1.82) is 0 Å². The van der Waals surface area contributed by atoms with Gasteiger partial charge >= 0.3 is 1.43 Å². The van der Waals surface area contributed by atoms with Crippen LogP contribution in [0.3, 0.4) is 0 Å². The third-order valence-electron chi connectivity index (χ3n) is 6.83.